The Labute approximate surface area is 109 Å². The van der Waals surface area contributed by atoms with Gasteiger partial charge in [-0.3, -0.25) is 10.1 Å². The Morgan fingerprint density at radius 1 is 1.53 bits per heavy atom. The minimum absolute atomic E-state index is 0.0568. The Balaban J connectivity index is 2.91. The molecule has 104 valence electrons. The van der Waals surface area contributed by atoms with E-state index in [9.17, 15) is 19.3 Å². The van der Waals surface area contributed by atoms with Gasteiger partial charge in [-0.05, 0) is 18.4 Å². The van der Waals surface area contributed by atoms with Crippen LogP contribution in [-0.4, -0.2) is 22.0 Å². The molecule has 19 heavy (non-hydrogen) atoms. The number of carboxylic acids is 1. The molecule has 0 aromatic heterocycles. The first-order valence-electron chi connectivity index (χ1n) is 5.74. The molecule has 0 saturated carbocycles. The highest BCUT2D eigenvalue weighted by molar-refractivity contribution is 5.77. The van der Waals surface area contributed by atoms with Crippen molar-refractivity contribution in [3.05, 3.63) is 34.1 Å². The third-order valence-electron chi connectivity index (χ3n) is 2.50. The topological polar surface area (TPSA) is 92.5 Å². The molecule has 1 aromatic carbocycles. The van der Waals surface area contributed by atoms with Crippen molar-refractivity contribution in [1.82, 2.24) is 0 Å². The number of carbonyl (C=O) groups is 1. The quantitative estimate of drug-likeness (QED) is 0.612. The van der Waals surface area contributed by atoms with Crippen LogP contribution in [0.5, 0.6) is 0 Å². The lowest BCUT2D eigenvalue weighted by Crippen LogP contribution is -2.31. The summed E-state index contributed by atoms with van der Waals surface area (Å²) in [4.78, 5) is 20.8. The summed E-state index contributed by atoms with van der Waals surface area (Å²) in [5.74, 6) is -1.81. The zero-order valence-electron chi connectivity index (χ0n) is 10.6. The number of halogens is 1. The van der Waals surface area contributed by atoms with Crippen molar-refractivity contribution in [3.8, 4) is 0 Å². The van der Waals surface area contributed by atoms with Crippen molar-refractivity contribution in [2.45, 2.75) is 26.3 Å². The number of nitrogens with one attached hydrogen (secondary N) is 1. The Hall–Kier alpha value is -2.18. The number of non-ortho nitro benzene ring substituents is 1. The van der Waals surface area contributed by atoms with E-state index in [2.05, 4.69) is 5.32 Å². The van der Waals surface area contributed by atoms with Gasteiger partial charge in [0.2, 0.25) is 0 Å². The highest BCUT2D eigenvalue weighted by atomic mass is 19.1. The SMILES string of the molecule is CC(C)C[C@H](Nc1ccc([N+](=O)[O-])cc1F)C(=O)O. The van der Waals surface area contributed by atoms with Crippen LogP contribution in [0.3, 0.4) is 0 Å². The summed E-state index contributed by atoms with van der Waals surface area (Å²) in [5, 5.41) is 22.0. The van der Waals surface area contributed by atoms with Crippen LogP contribution in [0.4, 0.5) is 15.8 Å². The van der Waals surface area contributed by atoms with Crippen molar-refractivity contribution < 1.29 is 19.2 Å². The molecule has 0 aliphatic rings. The third-order valence-corrected chi connectivity index (χ3v) is 2.50. The first-order valence-corrected chi connectivity index (χ1v) is 5.74. The normalized spacial score (nSPS) is 12.2. The number of nitro benzene ring substituents is 1. The largest absolute Gasteiger partial charge is 0.480 e. The Bertz CT molecular complexity index is 491. The average Bonchev–Trinajstić information content (AvgIpc) is 2.29. The van der Waals surface area contributed by atoms with E-state index in [1.807, 2.05) is 13.8 Å². The summed E-state index contributed by atoms with van der Waals surface area (Å²) in [6, 6.07) is 2.12. The minimum atomic E-state index is -1.09. The molecule has 1 atom stereocenters. The summed E-state index contributed by atoms with van der Waals surface area (Å²) in [6.07, 6.45) is 0.325. The molecular weight excluding hydrogens is 255 g/mol. The second kappa shape index (κ2) is 6.12. The van der Waals surface area contributed by atoms with Gasteiger partial charge in [0.15, 0.2) is 5.82 Å². The smallest absolute Gasteiger partial charge is 0.326 e. The van der Waals surface area contributed by atoms with E-state index in [1.54, 1.807) is 0 Å². The predicted octanol–water partition coefficient (Wildman–Crippen LogP) is 2.65. The van der Waals surface area contributed by atoms with Crippen LogP contribution < -0.4 is 5.32 Å². The summed E-state index contributed by atoms with van der Waals surface area (Å²) in [6.45, 7) is 3.70. The minimum Gasteiger partial charge on any atom is -0.480 e. The number of hydrogen-bond acceptors (Lipinski definition) is 4. The van der Waals surface area contributed by atoms with Crippen molar-refractivity contribution >= 4 is 17.3 Å². The first kappa shape index (κ1) is 14.9. The summed E-state index contributed by atoms with van der Waals surface area (Å²) in [7, 11) is 0. The summed E-state index contributed by atoms with van der Waals surface area (Å²) >= 11 is 0. The van der Waals surface area contributed by atoms with E-state index < -0.39 is 22.8 Å². The molecule has 1 rings (SSSR count). The molecule has 0 bridgehead atoms. The first-order chi connectivity index (χ1) is 8.81. The molecular formula is C12H15FN2O4. The molecule has 0 saturated heterocycles. The van der Waals surface area contributed by atoms with Crippen molar-refractivity contribution in [1.29, 1.82) is 0 Å². The maximum atomic E-state index is 13.6. The van der Waals surface area contributed by atoms with Crippen molar-refractivity contribution in [3.63, 3.8) is 0 Å². The zero-order chi connectivity index (χ0) is 14.6. The van der Waals surface area contributed by atoms with Gasteiger partial charge in [0.25, 0.3) is 5.69 Å². The molecule has 0 fully saturated rings. The molecule has 0 aliphatic carbocycles. The van der Waals surface area contributed by atoms with Crippen LogP contribution in [0.15, 0.2) is 18.2 Å². The Kier molecular flexibility index (Phi) is 4.80. The van der Waals surface area contributed by atoms with Gasteiger partial charge >= 0.3 is 5.97 Å². The van der Waals surface area contributed by atoms with Gasteiger partial charge in [-0.2, -0.15) is 0 Å². The van der Waals surface area contributed by atoms with E-state index in [0.29, 0.717) is 6.42 Å². The average molecular weight is 270 g/mol. The molecule has 0 radical (unpaired) electrons. The predicted molar refractivity (Wildman–Crippen MR) is 67.6 cm³/mol. The summed E-state index contributed by atoms with van der Waals surface area (Å²) < 4.78 is 13.6. The van der Waals surface area contributed by atoms with Crippen LogP contribution in [0.1, 0.15) is 20.3 Å². The molecule has 1 aromatic rings. The van der Waals surface area contributed by atoms with Crippen LogP contribution >= 0.6 is 0 Å². The highest BCUT2D eigenvalue weighted by Crippen LogP contribution is 2.22. The van der Waals surface area contributed by atoms with Crippen LogP contribution in [0.2, 0.25) is 0 Å². The fourth-order valence-electron chi connectivity index (χ4n) is 1.62. The Morgan fingerprint density at radius 3 is 2.58 bits per heavy atom. The number of anilines is 1. The van der Waals surface area contributed by atoms with E-state index in [0.717, 1.165) is 12.1 Å². The molecule has 0 aliphatic heterocycles. The Morgan fingerprint density at radius 2 is 2.16 bits per heavy atom. The number of hydrogen-bond donors (Lipinski definition) is 2. The number of rotatable bonds is 6. The van der Waals surface area contributed by atoms with Crippen molar-refractivity contribution in [2.75, 3.05) is 5.32 Å². The van der Waals surface area contributed by atoms with Crippen LogP contribution in [0.25, 0.3) is 0 Å². The number of aliphatic carboxylic acids is 1. The number of nitrogens with zero attached hydrogens (tertiary/aromatic N) is 1. The molecule has 0 unspecified atom stereocenters. The molecule has 7 heteroatoms. The fourth-order valence-corrected chi connectivity index (χ4v) is 1.62. The molecule has 2 N–H and O–H groups in total. The van der Waals surface area contributed by atoms with Gasteiger partial charge in [-0.1, -0.05) is 13.8 Å². The van der Waals surface area contributed by atoms with E-state index in [4.69, 9.17) is 5.11 Å². The molecule has 0 spiro atoms. The van der Waals surface area contributed by atoms with Crippen LogP contribution in [-0.2, 0) is 4.79 Å². The summed E-state index contributed by atoms with van der Waals surface area (Å²) in [5.41, 5.74) is -0.433. The maximum Gasteiger partial charge on any atom is 0.326 e. The van der Waals surface area contributed by atoms with E-state index in [-0.39, 0.29) is 17.3 Å². The van der Waals surface area contributed by atoms with Gasteiger partial charge in [-0.25, -0.2) is 9.18 Å². The monoisotopic (exact) mass is 270 g/mol. The second-order valence-corrected chi connectivity index (χ2v) is 4.59. The lowest BCUT2D eigenvalue weighted by atomic mass is 10.0. The van der Waals surface area contributed by atoms with Gasteiger partial charge in [0, 0.05) is 6.07 Å². The zero-order valence-corrected chi connectivity index (χ0v) is 10.6. The lowest BCUT2D eigenvalue weighted by Gasteiger charge is -2.17. The van der Waals surface area contributed by atoms with Gasteiger partial charge < -0.3 is 10.4 Å². The lowest BCUT2D eigenvalue weighted by molar-refractivity contribution is -0.385. The van der Waals surface area contributed by atoms with Crippen LogP contribution in [0, 0.1) is 21.8 Å². The second-order valence-electron chi connectivity index (χ2n) is 4.59. The standard InChI is InChI=1S/C12H15FN2O4/c1-7(2)5-11(12(16)17)14-10-4-3-8(15(18)19)6-9(10)13/h3-4,6-7,11,14H,5H2,1-2H3,(H,16,17)/t11-/m0/s1. The fraction of sp³-hybridized carbons (Fsp3) is 0.417. The number of carboxylic acid groups (broad SMARTS) is 1. The highest BCUT2D eigenvalue weighted by Gasteiger charge is 2.20. The van der Waals surface area contributed by atoms with Gasteiger partial charge in [-0.15, -0.1) is 0 Å². The van der Waals surface area contributed by atoms with E-state index in [1.165, 1.54) is 6.07 Å². The third kappa shape index (κ3) is 4.20. The number of nitro groups is 1. The number of benzene rings is 1. The maximum absolute atomic E-state index is 13.6. The van der Waals surface area contributed by atoms with Gasteiger partial charge in [0.05, 0.1) is 16.7 Å². The van der Waals surface area contributed by atoms with Crippen molar-refractivity contribution in [2.24, 2.45) is 5.92 Å². The molecule has 0 heterocycles. The molecule has 6 nitrogen and oxygen atoms in total. The molecule has 0 amide bonds. The van der Waals surface area contributed by atoms with E-state index >= 15 is 0 Å². The van der Waals surface area contributed by atoms with Gasteiger partial charge in [0.1, 0.15) is 6.04 Å².